The van der Waals surface area contributed by atoms with Crippen LogP contribution in [0.1, 0.15) is 17.0 Å². The highest BCUT2D eigenvalue weighted by Crippen LogP contribution is 2.19. The maximum Gasteiger partial charge on any atom is 0.247 e. The molecule has 0 aliphatic carbocycles. The van der Waals surface area contributed by atoms with Crippen LogP contribution in [0.4, 0.5) is 0 Å². The zero-order valence-corrected chi connectivity index (χ0v) is 15.1. The van der Waals surface area contributed by atoms with Crippen molar-refractivity contribution in [3.05, 3.63) is 71.6 Å². The topological polar surface area (TPSA) is 45.4 Å². The molecule has 3 aromatic rings. The van der Waals surface area contributed by atoms with Crippen LogP contribution in [0, 0.1) is 6.92 Å². The minimum absolute atomic E-state index is 0.600. The molecule has 0 amide bonds. The summed E-state index contributed by atoms with van der Waals surface area (Å²) in [6.07, 6.45) is 0. The van der Waals surface area contributed by atoms with Crippen LogP contribution >= 0.6 is 0 Å². The summed E-state index contributed by atoms with van der Waals surface area (Å²) in [6, 6.07) is 18.8. The minimum atomic E-state index is 0.600. The summed E-state index contributed by atoms with van der Waals surface area (Å²) >= 11 is 0. The van der Waals surface area contributed by atoms with Gasteiger partial charge in [0.25, 0.3) is 0 Å². The van der Waals surface area contributed by atoms with Gasteiger partial charge in [-0.05, 0) is 24.6 Å². The van der Waals surface area contributed by atoms with E-state index in [0.717, 1.165) is 44.8 Å². The molecule has 1 fully saturated rings. The molecule has 2 heterocycles. The second kappa shape index (κ2) is 7.81. The highest BCUT2D eigenvalue weighted by molar-refractivity contribution is 5.52. The Kier molecular flexibility index (Phi) is 5.09. The Morgan fingerprint density at radius 1 is 0.808 bits per heavy atom. The Labute approximate surface area is 154 Å². The standard InChI is InChI=1S/C21H24N4O/c1-17-7-9-19(10-8-17)21-23-22-20(26-21)16-25-13-11-24(12-14-25)15-18-5-3-2-4-6-18/h2-10H,11-16H2,1H3. The molecule has 134 valence electrons. The molecule has 5 nitrogen and oxygen atoms in total. The van der Waals surface area contributed by atoms with Crippen LogP contribution < -0.4 is 0 Å². The average Bonchev–Trinajstić information content (AvgIpc) is 3.13. The first-order valence-electron chi connectivity index (χ1n) is 9.14. The number of piperazine rings is 1. The monoisotopic (exact) mass is 348 g/mol. The quantitative estimate of drug-likeness (QED) is 0.707. The van der Waals surface area contributed by atoms with Crippen molar-refractivity contribution in [2.45, 2.75) is 20.0 Å². The molecule has 1 aromatic heterocycles. The molecule has 1 saturated heterocycles. The molecule has 0 atom stereocenters. The van der Waals surface area contributed by atoms with Crippen LogP contribution in [0.25, 0.3) is 11.5 Å². The molecule has 26 heavy (non-hydrogen) atoms. The predicted molar refractivity (Wildman–Crippen MR) is 101 cm³/mol. The highest BCUT2D eigenvalue weighted by atomic mass is 16.4. The van der Waals surface area contributed by atoms with Gasteiger partial charge in [0.1, 0.15) is 0 Å². The van der Waals surface area contributed by atoms with Gasteiger partial charge in [0, 0.05) is 38.3 Å². The van der Waals surface area contributed by atoms with Crippen LogP contribution in [0.5, 0.6) is 0 Å². The number of nitrogens with zero attached hydrogens (tertiary/aromatic N) is 4. The number of hydrogen-bond donors (Lipinski definition) is 0. The fourth-order valence-electron chi connectivity index (χ4n) is 3.27. The summed E-state index contributed by atoms with van der Waals surface area (Å²) < 4.78 is 5.86. The predicted octanol–water partition coefficient (Wildman–Crippen LogP) is 3.36. The number of aryl methyl sites for hydroxylation is 1. The van der Waals surface area contributed by atoms with Gasteiger partial charge in [-0.25, -0.2) is 0 Å². The summed E-state index contributed by atoms with van der Waals surface area (Å²) in [5, 5.41) is 8.42. The van der Waals surface area contributed by atoms with Gasteiger partial charge in [-0.3, -0.25) is 9.80 Å². The van der Waals surface area contributed by atoms with Crippen molar-refractivity contribution < 1.29 is 4.42 Å². The van der Waals surface area contributed by atoms with Crippen LogP contribution in [-0.2, 0) is 13.1 Å². The van der Waals surface area contributed by atoms with Crippen molar-refractivity contribution in [1.29, 1.82) is 0 Å². The molecule has 0 unspecified atom stereocenters. The van der Waals surface area contributed by atoms with Crippen molar-refractivity contribution in [2.75, 3.05) is 26.2 Å². The van der Waals surface area contributed by atoms with E-state index in [-0.39, 0.29) is 0 Å². The average molecular weight is 348 g/mol. The van der Waals surface area contributed by atoms with Crippen LogP contribution in [0.15, 0.2) is 59.0 Å². The summed E-state index contributed by atoms with van der Waals surface area (Å²) in [5.41, 5.74) is 3.57. The second-order valence-electron chi connectivity index (χ2n) is 6.90. The van der Waals surface area contributed by atoms with Crippen molar-refractivity contribution in [2.24, 2.45) is 0 Å². The Hall–Kier alpha value is -2.50. The van der Waals surface area contributed by atoms with E-state index in [1.807, 2.05) is 12.1 Å². The van der Waals surface area contributed by atoms with Crippen molar-refractivity contribution in [3.8, 4) is 11.5 Å². The third-order valence-electron chi connectivity index (χ3n) is 4.84. The van der Waals surface area contributed by atoms with E-state index in [2.05, 4.69) is 69.4 Å². The molecule has 2 aromatic carbocycles. The van der Waals surface area contributed by atoms with Gasteiger partial charge in [-0.2, -0.15) is 0 Å². The molecule has 1 aliphatic heterocycles. The first-order chi connectivity index (χ1) is 12.8. The fraction of sp³-hybridized carbons (Fsp3) is 0.333. The molecular weight excluding hydrogens is 324 g/mol. The van der Waals surface area contributed by atoms with Crippen LogP contribution in [0.2, 0.25) is 0 Å². The second-order valence-corrected chi connectivity index (χ2v) is 6.90. The van der Waals surface area contributed by atoms with Gasteiger partial charge in [0.05, 0.1) is 6.54 Å². The summed E-state index contributed by atoms with van der Waals surface area (Å²) in [6.45, 7) is 7.98. The molecule has 1 aliphatic rings. The lowest BCUT2D eigenvalue weighted by Gasteiger charge is -2.33. The molecule has 0 N–H and O–H groups in total. The lowest BCUT2D eigenvalue weighted by atomic mass is 10.1. The SMILES string of the molecule is Cc1ccc(-c2nnc(CN3CCN(Cc4ccccc4)CC3)o2)cc1. The van der Waals surface area contributed by atoms with Gasteiger partial charge >= 0.3 is 0 Å². The first kappa shape index (κ1) is 16.9. The van der Waals surface area contributed by atoms with Gasteiger partial charge in [0.2, 0.25) is 11.8 Å². The highest BCUT2D eigenvalue weighted by Gasteiger charge is 2.19. The molecule has 5 heteroatoms. The maximum atomic E-state index is 5.86. The number of benzene rings is 2. The Morgan fingerprint density at radius 3 is 2.15 bits per heavy atom. The summed E-state index contributed by atoms with van der Waals surface area (Å²) in [7, 11) is 0. The van der Waals surface area contributed by atoms with E-state index in [4.69, 9.17) is 4.42 Å². The third kappa shape index (κ3) is 4.18. The molecule has 0 bridgehead atoms. The molecule has 0 spiro atoms. The van der Waals surface area contributed by atoms with E-state index >= 15 is 0 Å². The Bertz CT molecular complexity index is 821. The first-order valence-corrected chi connectivity index (χ1v) is 9.14. The van der Waals surface area contributed by atoms with Gasteiger partial charge in [-0.1, -0.05) is 48.0 Å². The maximum absolute atomic E-state index is 5.86. The van der Waals surface area contributed by atoms with Crippen molar-refractivity contribution in [1.82, 2.24) is 20.0 Å². The van der Waals surface area contributed by atoms with E-state index in [9.17, 15) is 0 Å². The fourth-order valence-corrected chi connectivity index (χ4v) is 3.27. The zero-order chi connectivity index (χ0) is 17.8. The summed E-state index contributed by atoms with van der Waals surface area (Å²) in [4.78, 5) is 4.88. The normalized spacial score (nSPS) is 16.0. The van der Waals surface area contributed by atoms with E-state index in [1.165, 1.54) is 11.1 Å². The largest absolute Gasteiger partial charge is 0.419 e. The Morgan fingerprint density at radius 2 is 1.46 bits per heavy atom. The molecule has 0 radical (unpaired) electrons. The smallest absolute Gasteiger partial charge is 0.247 e. The van der Waals surface area contributed by atoms with Crippen molar-refractivity contribution in [3.63, 3.8) is 0 Å². The van der Waals surface area contributed by atoms with Gasteiger partial charge in [-0.15, -0.1) is 10.2 Å². The van der Waals surface area contributed by atoms with Crippen LogP contribution in [0.3, 0.4) is 0 Å². The van der Waals surface area contributed by atoms with Crippen LogP contribution in [-0.4, -0.2) is 46.2 Å². The number of rotatable bonds is 5. The minimum Gasteiger partial charge on any atom is -0.419 e. The number of aromatic nitrogens is 2. The van der Waals surface area contributed by atoms with Gasteiger partial charge in [0.15, 0.2) is 0 Å². The lowest BCUT2D eigenvalue weighted by molar-refractivity contribution is 0.114. The third-order valence-corrected chi connectivity index (χ3v) is 4.84. The van der Waals surface area contributed by atoms with E-state index < -0.39 is 0 Å². The molecule has 4 rings (SSSR count). The van der Waals surface area contributed by atoms with Crippen molar-refractivity contribution >= 4 is 0 Å². The molecule has 0 saturated carbocycles. The van der Waals surface area contributed by atoms with E-state index in [0.29, 0.717) is 11.8 Å². The Balaban J connectivity index is 1.30. The van der Waals surface area contributed by atoms with Gasteiger partial charge < -0.3 is 4.42 Å². The molecular formula is C21H24N4O. The zero-order valence-electron chi connectivity index (χ0n) is 15.1. The lowest BCUT2D eigenvalue weighted by Crippen LogP contribution is -2.45. The number of hydrogen-bond acceptors (Lipinski definition) is 5. The van der Waals surface area contributed by atoms with E-state index in [1.54, 1.807) is 0 Å². The summed E-state index contributed by atoms with van der Waals surface area (Å²) in [5.74, 6) is 1.29.